The topological polar surface area (TPSA) is 74.8 Å². The van der Waals surface area contributed by atoms with Crippen LogP contribution in [0.3, 0.4) is 0 Å². The molecule has 0 saturated carbocycles. The van der Waals surface area contributed by atoms with Crippen LogP contribution in [0.2, 0.25) is 0 Å². The van der Waals surface area contributed by atoms with Crippen molar-refractivity contribution in [3.05, 3.63) is 41.8 Å². The number of urea groups is 1. The van der Waals surface area contributed by atoms with Crippen LogP contribution < -0.4 is 5.32 Å². The zero-order valence-corrected chi connectivity index (χ0v) is 15.6. The molecular formula is C20H23FN4O3. The SMILES string of the molecule is O=C(NC1CCN(C(=O)N2CCOCC2)CC1)c1ccc2cccc(F)c2n1. The average molecular weight is 386 g/mol. The van der Waals surface area contributed by atoms with Crippen molar-refractivity contribution in [2.24, 2.45) is 0 Å². The molecule has 2 aliphatic heterocycles. The van der Waals surface area contributed by atoms with Crippen molar-refractivity contribution in [1.29, 1.82) is 0 Å². The summed E-state index contributed by atoms with van der Waals surface area (Å²) in [6.07, 6.45) is 1.37. The third-order valence-electron chi connectivity index (χ3n) is 5.29. The minimum absolute atomic E-state index is 0.0284. The van der Waals surface area contributed by atoms with Crippen LogP contribution in [0.5, 0.6) is 0 Å². The molecule has 7 nitrogen and oxygen atoms in total. The van der Waals surface area contributed by atoms with E-state index in [-0.39, 0.29) is 29.2 Å². The number of benzene rings is 1. The summed E-state index contributed by atoms with van der Waals surface area (Å²) in [7, 11) is 0. The lowest BCUT2D eigenvalue weighted by Gasteiger charge is -2.37. The Morgan fingerprint density at radius 1 is 1.04 bits per heavy atom. The Kier molecular flexibility index (Phi) is 5.38. The van der Waals surface area contributed by atoms with E-state index < -0.39 is 5.82 Å². The quantitative estimate of drug-likeness (QED) is 0.857. The summed E-state index contributed by atoms with van der Waals surface area (Å²) in [5.74, 6) is -0.759. The first-order valence-corrected chi connectivity index (χ1v) is 9.59. The molecule has 0 atom stereocenters. The second-order valence-electron chi connectivity index (χ2n) is 7.12. The molecule has 2 aromatic rings. The van der Waals surface area contributed by atoms with E-state index in [2.05, 4.69) is 10.3 Å². The molecule has 8 heteroatoms. The number of nitrogens with zero attached hydrogens (tertiary/aromatic N) is 3. The van der Waals surface area contributed by atoms with Crippen LogP contribution in [-0.2, 0) is 4.74 Å². The number of morpholine rings is 1. The minimum atomic E-state index is -0.443. The highest BCUT2D eigenvalue weighted by molar-refractivity contribution is 5.95. The largest absolute Gasteiger partial charge is 0.378 e. The van der Waals surface area contributed by atoms with Gasteiger partial charge in [0.05, 0.1) is 13.2 Å². The lowest BCUT2D eigenvalue weighted by Crippen LogP contribution is -2.52. The number of aromatic nitrogens is 1. The normalized spacial score (nSPS) is 18.3. The lowest BCUT2D eigenvalue weighted by atomic mass is 10.0. The maximum absolute atomic E-state index is 13.9. The molecule has 2 fully saturated rings. The van der Waals surface area contributed by atoms with Crippen LogP contribution in [0.1, 0.15) is 23.3 Å². The Balaban J connectivity index is 1.34. The second kappa shape index (κ2) is 8.10. The van der Waals surface area contributed by atoms with Crippen molar-refractivity contribution < 1.29 is 18.7 Å². The lowest BCUT2D eigenvalue weighted by molar-refractivity contribution is 0.0407. The molecule has 1 N–H and O–H groups in total. The Morgan fingerprint density at radius 3 is 2.50 bits per heavy atom. The zero-order valence-electron chi connectivity index (χ0n) is 15.6. The number of likely N-dealkylation sites (tertiary alicyclic amines) is 1. The van der Waals surface area contributed by atoms with Gasteiger partial charge in [-0.05, 0) is 25.0 Å². The highest BCUT2D eigenvalue weighted by Gasteiger charge is 2.28. The summed E-state index contributed by atoms with van der Waals surface area (Å²) in [6.45, 7) is 3.61. The Hall–Kier alpha value is -2.74. The van der Waals surface area contributed by atoms with Gasteiger partial charge in [-0.15, -0.1) is 0 Å². The van der Waals surface area contributed by atoms with Gasteiger partial charge in [-0.3, -0.25) is 4.79 Å². The van der Waals surface area contributed by atoms with Gasteiger partial charge in [-0.25, -0.2) is 14.2 Å². The van der Waals surface area contributed by atoms with E-state index in [1.807, 2.05) is 9.80 Å². The number of nitrogens with one attached hydrogen (secondary N) is 1. The Morgan fingerprint density at radius 2 is 1.75 bits per heavy atom. The molecule has 3 amide bonds. The van der Waals surface area contributed by atoms with E-state index >= 15 is 0 Å². The highest BCUT2D eigenvalue weighted by atomic mass is 19.1. The van der Waals surface area contributed by atoms with Crippen molar-refractivity contribution in [3.8, 4) is 0 Å². The van der Waals surface area contributed by atoms with Crippen LogP contribution >= 0.6 is 0 Å². The van der Waals surface area contributed by atoms with Crippen LogP contribution in [0.15, 0.2) is 30.3 Å². The first-order valence-electron chi connectivity index (χ1n) is 9.59. The summed E-state index contributed by atoms with van der Waals surface area (Å²) in [6, 6.07) is 8.02. The van der Waals surface area contributed by atoms with E-state index in [9.17, 15) is 14.0 Å². The third kappa shape index (κ3) is 3.91. The highest BCUT2D eigenvalue weighted by Crippen LogP contribution is 2.17. The second-order valence-corrected chi connectivity index (χ2v) is 7.12. The van der Waals surface area contributed by atoms with Gasteiger partial charge in [0.25, 0.3) is 5.91 Å². The van der Waals surface area contributed by atoms with Gasteiger partial charge >= 0.3 is 6.03 Å². The van der Waals surface area contributed by atoms with E-state index in [0.717, 1.165) is 0 Å². The average Bonchev–Trinajstić information content (AvgIpc) is 2.74. The number of para-hydroxylation sites is 1. The summed E-state index contributed by atoms with van der Waals surface area (Å²) in [4.78, 5) is 32.9. The summed E-state index contributed by atoms with van der Waals surface area (Å²) in [5, 5.41) is 3.62. The molecule has 4 rings (SSSR count). The molecule has 1 aromatic carbocycles. The number of piperidine rings is 1. The monoisotopic (exact) mass is 386 g/mol. The number of ether oxygens (including phenoxy) is 1. The molecule has 2 saturated heterocycles. The van der Waals surface area contributed by atoms with E-state index in [1.165, 1.54) is 6.07 Å². The van der Waals surface area contributed by atoms with E-state index in [0.29, 0.717) is 57.6 Å². The summed E-state index contributed by atoms with van der Waals surface area (Å²) < 4.78 is 19.2. The van der Waals surface area contributed by atoms with Gasteiger partial charge in [0.1, 0.15) is 17.0 Å². The summed E-state index contributed by atoms with van der Waals surface area (Å²) in [5.41, 5.74) is 0.394. The van der Waals surface area contributed by atoms with Crippen LogP contribution in [0, 0.1) is 5.82 Å². The number of halogens is 1. The molecule has 28 heavy (non-hydrogen) atoms. The Labute approximate surface area is 162 Å². The molecule has 0 aliphatic carbocycles. The van der Waals surface area contributed by atoms with E-state index in [4.69, 9.17) is 4.74 Å². The zero-order chi connectivity index (χ0) is 19.5. The molecule has 148 valence electrons. The number of hydrogen-bond acceptors (Lipinski definition) is 4. The van der Waals surface area contributed by atoms with Gasteiger partial charge in [-0.2, -0.15) is 0 Å². The van der Waals surface area contributed by atoms with Gasteiger partial charge in [0.2, 0.25) is 0 Å². The minimum Gasteiger partial charge on any atom is -0.378 e. The molecule has 0 bridgehead atoms. The van der Waals surface area contributed by atoms with Gasteiger partial charge < -0.3 is 19.9 Å². The molecular weight excluding hydrogens is 363 g/mol. The predicted molar refractivity (Wildman–Crippen MR) is 102 cm³/mol. The first kappa shape index (κ1) is 18.6. The number of amides is 3. The standard InChI is InChI=1S/C20H23FN4O3/c21-16-3-1-2-14-4-5-17(23-18(14)16)19(26)22-15-6-8-24(9-7-15)20(27)25-10-12-28-13-11-25/h1-5,15H,6-13H2,(H,22,26). The number of pyridine rings is 1. The maximum Gasteiger partial charge on any atom is 0.320 e. The number of carbonyl (C=O) groups is 2. The van der Waals surface area contributed by atoms with Gasteiger partial charge in [-0.1, -0.05) is 18.2 Å². The number of hydrogen-bond donors (Lipinski definition) is 1. The van der Waals surface area contributed by atoms with Crippen molar-refractivity contribution in [3.63, 3.8) is 0 Å². The summed E-state index contributed by atoms with van der Waals surface area (Å²) >= 11 is 0. The van der Waals surface area contributed by atoms with Crippen LogP contribution in [0.4, 0.5) is 9.18 Å². The fraction of sp³-hybridized carbons (Fsp3) is 0.450. The molecule has 0 unspecified atom stereocenters. The Bertz CT molecular complexity index is 877. The van der Waals surface area contributed by atoms with Crippen molar-refractivity contribution in [2.75, 3.05) is 39.4 Å². The predicted octanol–water partition coefficient (Wildman–Crippen LogP) is 2.02. The van der Waals surface area contributed by atoms with Crippen molar-refractivity contribution in [2.45, 2.75) is 18.9 Å². The molecule has 0 spiro atoms. The van der Waals surface area contributed by atoms with Crippen molar-refractivity contribution in [1.82, 2.24) is 20.1 Å². The fourth-order valence-electron chi connectivity index (χ4n) is 3.67. The fourth-order valence-corrected chi connectivity index (χ4v) is 3.67. The molecule has 1 aromatic heterocycles. The van der Waals surface area contributed by atoms with Gasteiger partial charge in [0.15, 0.2) is 0 Å². The number of fused-ring (bicyclic) bond motifs is 1. The van der Waals surface area contributed by atoms with Crippen LogP contribution in [0.25, 0.3) is 10.9 Å². The molecule has 0 radical (unpaired) electrons. The number of rotatable bonds is 2. The number of carbonyl (C=O) groups excluding carboxylic acids is 2. The van der Waals surface area contributed by atoms with Gasteiger partial charge in [0, 0.05) is 37.6 Å². The van der Waals surface area contributed by atoms with E-state index in [1.54, 1.807) is 24.3 Å². The first-order chi connectivity index (χ1) is 13.6. The third-order valence-corrected chi connectivity index (χ3v) is 5.29. The molecule has 2 aliphatic rings. The van der Waals surface area contributed by atoms with Crippen LogP contribution in [-0.4, -0.2) is 72.2 Å². The smallest absolute Gasteiger partial charge is 0.320 e. The van der Waals surface area contributed by atoms with Crippen molar-refractivity contribution >= 4 is 22.8 Å². The maximum atomic E-state index is 13.9. The molecule has 3 heterocycles.